The van der Waals surface area contributed by atoms with Gasteiger partial charge in [0.05, 0.1) is 5.69 Å². The molecule has 30 heavy (non-hydrogen) atoms. The molecule has 1 amide bonds. The van der Waals surface area contributed by atoms with E-state index in [4.69, 9.17) is 22.3 Å². The molecule has 1 unspecified atom stereocenters. The molecule has 2 aromatic rings. The average Bonchev–Trinajstić information content (AvgIpc) is 2.90. The van der Waals surface area contributed by atoms with Gasteiger partial charge in [-0.3, -0.25) is 14.7 Å². The predicted molar refractivity (Wildman–Crippen MR) is 127 cm³/mol. The van der Waals surface area contributed by atoms with Crippen LogP contribution in [0.4, 0.5) is 0 Å². The van der Waals surface area contributed by atoms with Crippen molar-refractivity contribution in [3.8, 4) is 0 Å². The lowest BCUT2D eigenvalue weighted by atomic mass is 9.90. The Bertz CT molecular complexity index is 882. The second-order valence-corrected chi connectivity index (χ2v) is 9.76. The molecular weight excluding hydrogens is 484 g/mol. The highest BCUT2D eigenvalue weighted by Crippen LogP contribution is 2.36. The van der Waals surface area contributed by atoms with Gasteiger partial charge in [0, 0.05) is 60.2 Å². The number of carbonyl (C=O) groups is 1. The Kier molecular flexibility index (Phi) is 7.05. The first kappa shape index (κ1) is 22.1. The topological polar surface area (TPSA) is 62.5 Å². The minimum Gasteiger partial charge on any atom is -0.339 e. The molecule has 0 spiro atoms. The molecule has 1 saturated heterocycles. The Balaban J connectivity index is 1.62. The maximum atomic E-state index is 13.8. The fourth-order valence-electron chi connectivity index (χ4n) is 4.41. The number of hydrogen-bond donors (Lipinski definition) is 2. The first-order valence-corrected chi connectivity index (χ1v) is 12.1. The Labute approximate surface area is 196 Å². The van der Waals surface area contributed by atoms with Crippen LogP contribution in [0.15, 0.2) is 34.9 Å². The van der Waals surface area contributed by atoms with E-state index in [2.05, 4.69) is 39.5 Å². The molecule has 0 radical (unpaired) electrons. The number of fused-ring (bicyclic) bond motifs is 2. The standard InChI is InChI=1S/C22H26BrClN4OS/c23-16-9-15-2-1-14-10-17(24)3-4-19(14)20(21(15)26-11-16)22(29)28-7-5-27(6-8-28)12-18(25)13-30/h3-4,9-11,18,20,30H,1-2,5-8,12-13,25H2/t18-,20?/m1/s1. The van der Waals surface area contributed by atoms with Crippen molar-refractivity contribution in [3.05, 3.63) is 62.3 Å². The summed E-state index contributed by atoms with van der Waals surface area (Å²) in [7, 11) is 0. The van der Waals surface area contributed by atoms with Crippen molar-refractivity contribution in [1.82, 2.24) is 14.8 Å². The van der Waals surface area contributed by atoms with Gasteiger partial charge in [-0.2, -0.15) is 12.6 Å². The Morgan fingerprint density at radius 3 is 2.70 bits per heavy atom. The van der Waals surface area contributed by atoms with E-state index in [1.165, 1.54) is 0 Å². The zero-order valence-electron chi connectivity index (χ0n) is 16.7. The number of aryl methyl sites for hydroxylation is 2. The normalized spacial score (nSPS) is 20.3. The number of piperazine rings is 1. The van der Waals surface area contributed by atoms with E-state index in [9.17, 15) is 4.79 Å². The molecule has 1 aliphatic carbocycles. The lowest BCUT2D eigenvalue weighted by molar-refractivity contribution is -0.133. The Morgan fingerprint density at radius 1 is 1.23 bits per heavy atom. The molecule has 1 aromatic carbocycles. The van der Waals surface area contributed by atoms with Gasteiger partial charge < -0.3 is 10.6 Å². The predicted octanol–water partition coefficient (Wildman–Crippen LogP) is 3.13. The van der Waals surface area contributed by atoms with Gasteiger partial charge >= 0.3 is 0 Å². The Hall–Kier alpha value is -1.12. The molecule has 160 valence electrons. The van der Waals surface area contributed by atoms with Crippen LogP contribution in [0.1, 0.15) is 28.3 Å². The van der Waals surface area contributed by atoms with Crippen LogP contribution < -0.4 is 5.73 Å². The summed E-state index contributed by atoms with van der Waals surface area (Å²) in [4.78, 5) is 22.8. The maximum Gasteiger partial charge on any atom is 0.236 e. The highest BCUT2D eigenvalue weighted by atomic mass is 79.9. The van der Waals surface area contributed by atoms with Gasteiger partial charge in [-0.1, -0.05) is 17.7 Å². The first-order chi connectivity index (χ1) is 14.5. The maximum absolute atomic E-state index is 13.8. The van der Waals surface area contributed by atoms with Crippen LogP contribution in [-0.4, -0.2) is 65.2 Å². The van der Waals surface area contributed by atoms with Crippen molar-refractivity contribution in [2.24, 2.45) is 5.73 Å². The van der Waals surface area contributed by atoms with E-state index in [-0.39, 0.29) is 11.9 Å². The summed E-state index contributed by atoms with van der Waals surface area (Å²) in [5.41, 5.74) is 10.2. The highest BCUT2D eigenvalue weighted by molar-refractivity contribution is 9.10. The third-order valence-corrected chi connectivity index (χ3v) is 7.12. The van der Waals surface area contributed by atoms with Crippen LogP contribution in [0.5, 0.6) is 0 Å². The number of aromatic nitrogens is 1. The SMILES string of the molecule is N[C@@H](CS)CN1CCN(C(=O)C2c3ccc(Cl)cc3CCc3cc(Br)cnc32)CC1. The third kappa shape index (κ3) is 4.70. The van der Waals surface area contributed by atoms with E-state index in [1.54, 1.807) is 6.20 Å². The van der Waals surface area contributed by atoms with E-state index in [0.717, 1.165) is 59.3 Å². The van der Waals surface area contributed by atoms with Crippen LogP contribution >= 0.6 is 40.2 Å². The summed E-state index contributed by atoms with van der Waals surface area (Å²) in [5, 5.41) is 0.703. The van der Waals surface area contributed by atoms with Crippen molar-refractivity contribution >= 4 is 46.1 Å². The molecule has 2 aliphatic rings. The van der Waals surface area contributed by atoms with Gasteiger partial charge in [-0.15, -0.1) is 0 Å². The third-order valence-electron chi connectivity index (χ3n) is 5.98. The number of hydrogen-bond acceptors (Lipinski definition) is 5. The number of amides is 1. The highest BCUT2D eigenvalue weighted by Gasteiger charge is 2.35. The largest absolute Gasteiger partial charge is 0.339 e. The number of halogens is 2. The van der Waals surface area contributed by atoms with Crippen LogP contribution in [-0.2, 0) is 17.6 Å². The fourth-order valence-corrected chi connectivity index (χ4v) is 5.10. The summed E-state index contributed by atoms with van der Waals surface area (Å²) in [5.74, 6) is 0.391. The zero-order chi connectivity index (χ0) is 21.3. The number of nitrogens with zero attached hydrogens (tertiary/aromatic N) is 3. The minimum atomic E-state index is -0.394. The number of pyridine rings is 1. The molecule has 2 N–H and O–H groups in total. The van der Waals surface area contributed by atoms with Crippen molar-refractivity contribution in [2.75, 3.05) is 38.5 Å². The van der Waals surface area contributed by atoms with Crippen LogP contribution in [0.3, 0.4) is 0 Å². The second-order valence-electron chi connectivity index (χ2n) is 8.04. The van der Waals surface area contributed by atoms with Crippen LogP contribution in [0.25, 0.3) is 0 Å². The molecule has 0 saturated carbocycles. The summed E-state index contributed by atoms with van der Waals surface area (Å²) in [6.07, 6.45) is 3.48. The zero-order valence-corrected chi connectivity index (χ0v) is 20.0. The van der Waals surface area contributed by atoms with Crippen molar-refractivity contribution in [2.45, 2.75) is 24.8 Å². The number of thiol groups is 1. The van der Waals surface area contributed by atoms with Crippen molar-refractivity contribution in [1.29, 1.82) is 0 Å². The Morgan fingerprint density at radius 2 is 1.97 bits per heavy atom. The smallest absolute Gasteiger partial charge is 0.236 e. The summed E-state index contributed by atoms with van der Waals surface area (Å²) >= 11 is 14.1. The number of benzene rings is 1. The van der Waals surface area contributed by atoms with Crippen molar-refractivity contribution < 1.29 is 4.79 Å². The molecule has 1 aromatic heterocycles. The van der Waals surface area contributed by atoms with E-state index >= 15 is 0 Å². The molecule has 1 aliphatic heterocycles. The molecule has 1 fully saturated rings. The first-order valence-electron chi connectivity index (χ1n) is 10.3. The average molecular weight is 510 g/mol. The van der Waals surface area contributed by atoms with Gasteiger partial charge in [-0.25, -0.2) is 0 Å². The van der Waals surface area contributed by atoms with Gasteiger partial charge in [-0.05, 0) is 63.7 Å². The van der Waals surface area contributed by atoms with E-state index in [1.807, 2.05) is 23.1 Å². The number of rotatable bonds is 4. The summed E-state index contributed by atoms with van der Waals surface area (Å²) < 4.78 is 0.936. The lowest BCUT2D eigenvalue weighted by Gasteiger charge is -2.37. The van der Waals surface area contributed by atoms with Crippen LogP contribution in [0.2, 0.25) is 5.02 Å². The fraction of sp³-hybridized carbons (Fsp3) is 0.455. The summed E-state index contributed by atoms with van der Waals surface area (Å²) in [6.45, 7) is 3.86. The number of nitrogens with two attached hydrogens (primary N) is 1. The molecule has 2 heterocycles. The molecule has 4 rings (SSSR count). The monoisotopic (exact) mass is 508 g/mol. The molecule has 8 heteroatoms. The van der Waals surface area contributed by atoms with E-state index in [0.29, 0.717) is 23.9 Å². The van der Waals surface area contributed by atoms with Gasteiger partial charge in [0.2, 0.25) is 5.91 Å². The molecule has 0 bridgehead atoms. The van der Waals surface area contributed by atoms with Gasteiger partial charge in [0.25, 0.3) is 0 Å². The quantitative estimate of drug-likeness (QED) is 0.622. The van der Waals surface area contributed by atoms with Gasteiger partial charge in [0.1, 0.15) is 5.92 Å². The van der Waals surface area contributed by atoms with Gasteiger partial charge in [0.15, 0.2) is 0 Å². The summed E-state index contributed by atoms with van der Waals surface area (Å²) in [6, 6.07) is 8.02. The number of carbonyl (C=O) groups excluding carboxylic acids is 1. The molecule has 5 nitrogen and oxygen atoms in total. The molecule has 2 atom stereocenters. The molecular formula is C22H26BrClN4OS. The second kappa shape index (κ2) is 9.57. The van der Waals surface area contributed by atoms with Crippen LogP contribution in [0, 0.1) is 0 Å². The van der Waals surface area contributed by atoms with Crippen molar-refractivity contribution in [3.63, 3.8) is 0 Å². The van der Waals surface area contributed by atoms with E-state index < -0.39 is 5.92 Å². The lowest BCUT2D eigenvalue weighted by Crippen LogP contribution is -2.52. The minimum absolute atomic E-state index is 0.0589.